The van der Waals surface area contributed by atoms with E-state index in [1.54, 1.807) is 22.7 Å². The van der Waals surface area contributed by atoms with Crippen LogP contribution in [0, 0.1) is 19.8 Å². The van der Waals surface area contributed by atoms with Gasteiger partial charge in [-0.3, -0.25) is 4.79 Å². The SMILES string of the molecule is Cc1sc(NC(=O)C(C)C)c(-c2nc3ccccc3s2)c1C. The Labute approximate surface area is 138 Å². The zero-order valence-electron chi connectivity index (χ0n) is 13.1. The number of carbonyl (C=O) groups is 1. The van der Waals surface area contributed by atoms with Gasteiger partial charge in [0.05, 0.1) is 10.2 Å². The van der Waals surface area contributed by atoms with Crippen LogP contribution >= 0.6 is 22.7 Å². The fraction of sp³-hybridized carbons (Fsp3) is 0.294. The highest BCUT2D eigenvalue weighted by Crippen LogP contribution is 2.43. The largest absolute Gasteiger partial charge is 0.317 e. The van der Waals surface area contributed by atoms with E-state index in [1.807, 2.05) is 32.0 Å². The Balaban J connectivity index is 2.11. The summed E-state index contributed by atoms with van der Waals surface area (Å²) in [6.07, 6.45) is 0. The minimum Gasteiger partial charge on any atom is -0.317 e. The number of thiophene rings is 1. The number of hydrogen-bond donors (Lipinski definition) is 1. The summed E-state index contributed by atoms with van der Waals surface area (Å²) in [4.78, 5) is 18.0. The monoisotopic (exact) mass is 330 g/mol. The third kappa shape index (κ3) is 2.66. The number of nitrogens with zero attached hydrogens (tertiary/aromatic N) is 1. The molecule has 0 spiro atoms. The maximum atomic E-state index is 12.1. The standard InChI is InChI=1S/C17H18N2OS2/c1-9(2)15(20)19-17-14(10(3)11(4)21-17)16-18-12-7-5-6-8-13(12)22-16/h5-9H,1-4H3,(H,19,20). The summed E-state index contributed by atoms with van der Waals surface area (Å²) >= 11 is 3.30. The number of carbonyl (C=O) groups excluding carboxylic acids is 1. The number of hydrogen-bond acceptors (Lipinski definition) is 4. The lowest BCUT2D eigenvalue weighted by Crippen LogP contribution is -2.17. The van der Waals surface area contributed by atoms with Crippen LogP contribution in [0.15, 0.2) is 24.3 Å². The van der Waals surface area contributed by atoms with Gasteiger partial charge in [-0.05, 0) is 31.5 Å². The molecule has 3 aromatic rings. The first-order chi connectivity index (χ1) is 10.5. The number of para-hydroxylation sites is 1. The highest BCUT2D eigenvalue weighted by molar-refractivity contribution is 7.22. The lowest BCUT2D eigenvalue weighted by Gasteiger charge is -2.07. The zero-order valence-corrected chi connectivity index (χ0v) is 14.7. The second-order valence-corrected chi connectivity index (χ2v) is 7.87. The van der Waals surface area contributed by atoms with Crippen LogP contribution in [0.4, 0.5) is 5.00 Å². The highest BCUT2D eigenvalue weighted by atomic mass is 32.1. The van der Waals surface area contributed by atoms with Gasteiger partial charge in [0.25, 0.3) is 0 Å². The van der Waals surface area contributed by atoms with Crippen molar-refractivity contribution in [1.82, 2.24) is 4.98 Å². The molecule has 0 atom stereocenters. The Kier molecular flexibility index (Phi) is 4.02. The average Bonchev–Trinajstić information content (AvgIpc) is 3.00. The smallest absolute Gasteiger partial charge is 0.227 e. The number of rotatable bonds is 3. The van der Waals surface area contributed by atoms with E-state index in [1.165, 1.54) is 15.1 Å². The molecule has 0 aliphatic heterocycles. The molecule has 0 unspecified atom stereocenters. The van der Waals surface area contributed by atoms with Gasteiger partial charge in [-0.15, -0.1) is 22.7 Å². The molecule has 2 aromatic heterocycles. The minimum atomic E-state index is -0.0362. The fourth-order valence-corrected chi connectivity index (χ4v) is 4.41. The Morgan fingerprint density at radius 1 is 1.18 bits per heavy atom. The van der Waals surface area contributed by atoms with Crippen LogP contribution in [0.1, 0.15) is 24.3 Å². The van der Waals surface area contributed by atoms with Crippen molar-refractivity contribution in [1.29, 1.82) is 0 Å². The average molecular weight is 330 g/mol. The summed E-state index contributed by atoms with van der Waals surface area (Å²) in [6.45, 7) is 7.99. The number of amides is 1. The predicted octanol–water partition coefficient (Wildman–Crippen LogP) is 5.24. The second-order valence-electron chi connectivity index (χ2n) is 5.62. The van der Waals surface area contributed by atoms with Crippen LogP contribution in [0.3, 0.4) is 0 Å². The number of aromatic nitrogens is 1. The van der Waals surface area contributed by atoms with Crippen molar-refractivity contribution in [3.63, 3.8) is 0 Å². The molecular weight excluding hydrogens is 312 g/mol. The Morgan fingerprint density at radius 3 is 2.59 bits per heavy atom. The molecule has 3 nitrogen and oxygen atoms in total. The van der Waals surface area contributed by atoms with Crippen LogP contribution in [0.2, 0.25) is 0 Å². The van der Waals surface area contributed by atoms with E-state index in [0.717, 1.165) is 21.1 Å². The van der Waals surface area contributed by atoms with Crippen molar-refractivity contribution in [3.05, 3.63) is 34.7 Å². The maximum absolute atomic E-state index is 12.1. The third-order valence-corrected chi connectivity index (χ3v) is 5.83. The zero-order chi connectivity index (χ0) is 15.9. The molecule has 2 heterocycles. The lowest BCUT2D eigenvalue weighted by atomic mass is 10.1. The van der Waals surface area contributed by atoms with Gasteiger partial charge < -0.3 is 5.32 Å². The van der Waals surface area contributed by atoms with Crippen LogP contribution in [-0.4, -0.2) is 10.9 Å². The van der Waals surface area contributed by atoms with Gasteiger partial charge in [-0.25, -0.2) is 4.98 Å². The van der Waals surface area contributed by atoms with Crippen molar-refractivity contribution >= 4 is 43.8 Å². The molecule has 0 saturated carbocycles. The maximum Gasteiger partial charge on any atom is 0.227 e. The molecule has 5 heteroatoms. The molecule has 3 rings (SSSR count). The lowest BCUT2D eigenvalue weighted by molar-refractivity contribution is -0.118. The van der Waals surface area contributed by atoms with E-state index in [2.05, 4.69) is 25.2 Å². The number of benzene rings is 1. The molecule has 22 heavy (non-hydrogen) atoms. The van der Waals surface area contributed by atoms with Gasteiger partial charge in [0.15, 0.2) is 0 Å². The number of nitrogens with one attached hydrogen (secondary N) is 1. The summed E-state index contributed by atoms with van der Waals surface area (Å²) in [5.74, 6) is 0.00883. The molecule has 1 aromatic carbocycles. The first kappa shape index (κ1) is 15.2. The van der Waals surface area contributed by atoms with Gasteiger partial charge in [0.2, 0.25) is 5.91 Å². The first-order valence-electron chi connectivity index (χ1n) is 7.24. The van der Waals surface area contributed by atoms with E-state index in [-0.39, 0.29) is 11.8 Å². The second kappa shape index (κ2) is 5.82. The number of anilines is 1. The molecule has 0 radical (unpaired) electrons. The van der Waals surface area contributed by atoms with E-state index in [4.69, 9.17) is 4.98 Å². The van der Waals surface area contributed by atoms with Gasteiger partial charge in [0.1, 0.15) is 10.0 Å². The predicted molar refractivity (Wildman–Crippen MR) is 95.9 cm³/mol. The third-order valence-electron chi connectivity index (χ3n) is 3.65. The molecule has 114 valence electrons. The van der Waals surface area contributed by atoms with E-state index < -0.39 is 0 Å². The molecule has 0 bridgehead atoms. The molecule has 0 saturated heterocycles. The molecule has 0 aliphatic carbocycles. The normalized spacial score (nSPS) is 11.3. The molecule has 0 aliphatic rings. The first-order valence-corrected chi connectivity index (χ1v) is 8.87. The molecule has 1 N–H and O–H groups in total. The quantitative estimate of drug-likeness (QED) is 0.714. The molecule has 0 fully saturated rings. The van der Waals surface area contributed by atoms with Crippen molar-refractivity contribution in [2.75, 3.05) is 5.32 Å². The summed E-state index contributed by atoms with van der Waals surface area (Å²) < 4.78 is 1.17. The van der Waals surface area contributed by atoms with Crippen LogP contribution < -0.4 is 5.32 Å². The van der Waals surface area contributed by atoms with Gasteiger partial charge >= 0.3 is 0 Å². The van der Waals surface area contributed by atoms with E-state index in [9.17, 15) is 4.79 Å². The van der Waals surface area contributed by atoms with Crippen LogP contribution in [0.5, 0.6) is 0 Å². The van der Waals surface area contributed by atoms with Crippen molar-refractivity contribution < 1.29 is 4.79 Å². The number of fused-ring (bicyclic) bond motifs is 1. The highest BCUT2D eigenvalue weighted by Gasteiger charge is 2.20. The summed E-state index contributed by atoms with van der Waals surface area (Å²) in [6, 6.07) is 8.13. The van der Waals surface area contributed by atoms with Crippen molar-refractivity contribution in [2.24, 2.45) is 5.92 Å². The summed E-state index contributed by atoms with van der Waals surface area (Å²) in [7, 11) is 0. The van der Waals surface area contributed by atoms with E-state index in [0.29, 0.717) is 0 Å². The fourth-order valence-electron chi connectivity index (χ4n) is 2.21. The number of thiazole rings is 1. The molecular formula is C17H18N2OS2. The van der Waals surface area contributed by atoms with Gasteiger partial charge in [0, 0.05) is 16.4 Å². The Hall–Kier alpha value is -1.72. The van der Waals surface area contributed by atoms with Crippen molar-refractivity contribution in [2.45, 2.75) is 27.7 Å². The van der Waals surface area contributed by atoms with Gasteiger partial charge in [-0.1, -0.05) is 26.0 Å². The topological polar surface area (TPSA) is 42.0 Å². The van der Waals surface area contributed by atoms with Crippen LogP contribution in [-0.2, 0) is 4.79 Å². The Bertz CT molecular complexity index is 813. The van der Waals surface area contributed by atoms with Crippen LogP contribution in [0.25, 0.3) is 20.8 Å². The number of aryl methyl sites for hydroxylation is 1. The van der Waals surface area contributed by atoms with Crippen molar-refractivity contribution in [3.8, 4) is 10.6 Å². The summed E-state index contributed by atoms with van der Waals surface area (Å²) in [5.41, 5.74) is 3.27. The summed E-state index contributed by atoms with van der Waals surface area (Å²) in [5, 5.41) is 4.94. The minimum absolute atomic E-state index is 0.0362. The Morgan fingerprint density at radius 2 is 1.91 bits per heavy atom. The van der Waals surface area contributed by atoms with Gasteiger partial charge in [-0.2, -0.15) is 0 Å². The van der Waals surface area contributed by atoms with E-state index >= 15 is 0 Å². The molecule has 1 amide bonds.